The number of carbonyl (C=O) groups is 1. The third-order valence-corrected chi connectivity index (χ3v) is 4.05. The Morgan fingerprint density at radius 1 is 1.22 bits per heavy atom. The minimum atomic E-state index is -0.175. The van der Waals surface area contributed by atoms with E-state index in [0.717, 1.165) is 32.5 Å². The van der Waals surface area contributed by atoms with Crippen molar-refractivity contribution in [2.24, 2.45) is 5.92 Å². The van der Waals surface area contributed by atoms with E-state index in [1.807, 2.05) is 0 Å². The van der Waals surface area contributed by atoms with Gasteiger partial charge in [-0.3, -0.25) is 4.79 Å². The fourth-order valence-electron chi connectivity index (χ4n) is 2.78. The van der Waals surface area contributed by atoms with Gasteiger partial charge in [-0.1, -0.05) is 0 Å². The van der Waals surface area contributed by atoms with Crippen LogP contribution in [0.4, 0.5) is 0 Å². The van der Waals surface area contributed by atoms with Crippen molar-refractivity contribution in [1.29, 1.82) is 0 Å². The molecular weight excluding hydrogens is 298 g/mol. The highest BCUT2D eigenvalue weighted by Crippen LogP contribution is 2.39. The molecule has 1 N–H and O–H groups in total. The zero-order chi connectivity index (χ0) is 16.7. The average Bonchev–Trinajstić information content (AvgIpc) is 3.10. The molecule has 0 radical (unpaired) electrons. The van der Waals surface area contributed by atoms with E-state index in [0.29, 0.717) is 35.3 Å². The van der Waals surface area contributed by atoms with Gasteiger partial charge in [-0.25, -0.2) is 0 Å². The molecular formula is C17H25NO5. The molecule has 0 bridgehead atoms. The fourth-order valence-corrected chi connectivity index (χ4v) is 2.78. The van der Waals surface area contributed by atoms with E-state index in [1.165, 1.54) is 14.2 Å². The summed E-state index contributed by atoms with van der Waals surface area (Å²) in [5.41, 5.74) is 0.439. The van der Waals surface area contributed by atoms with Crippen LogP contribution in [0.15, 0.2) is 12.1 Å². The Bertz CT molecular complexity index is 526. The number of rotatable bonds is 8. The Morgan fingerprint density at radius 3 is 2.61 bits per heavy atom. The summed E-state index contributed by atoms with van der Waals surface area (Å²) in [6, 6.07) is 3.38. The van der Waals surface area contributed by atoms with Crippen molar-refractivity contribution in [2.45, 2.75) is 19.3 Å². The second-order valence-corrected chi connectivity index (χ2v) is 5.51. The molecule has 1 heterocycles. The Hall–Kier alpha value is -1.95. The molecule has 128 valence electrons. The van der Waals surface area contributed by atoms with Crippen molar-refractivity contribution >= 4 is 5.91 Å². The summed E-state index contributed by atoms with van der Waals surface area (Å²) in [6.45, 7) is 2.34. The van der Waals surface area contributed by atoms with Crippen molar-refractivity contribution in [3.05, 3.63) is 17.7 Å². The molecule has 0 aromatic heterocycles. The maximum absolute atomic E-state index is 12.4. The van der Waals surface area contributed by atoms with Crippen LogP contribution in [0.3, 0.4) is 0 Å². The quantitative estimate of drug-likeness (QED) is 0.743. The van der Waals surface area contributed by atoms with Gasteiger partial charge < -0.3 is 24.3 Å². The Balaban J connectivity index is 1.95. The summed E-state index contributed by atoms with van der Waals surface area (Å²) in [7, 11) is 4.57. The number of benzene rings is 1. The minimum absolute atomic E-state index is 0.175. The van der Waals surface area contributed by atoms with Crippen LogP contribution in [0.25, 0.3) is 0 Å². The predicted octanol–water partition coefficient (Wildman–Crippen LogP) is 2.26. The van der Waals surface area contributed by atoms with Gasteiger partial charge in [0.2, 0.25) is 5.75 Å². The molecule has 1 saturated heterocycles. The van der Waals surface area contributed by atoms with E-state index in [-0.39, 0.29) is 5.91 Å². The summed E-state index contributed by atoms with van der Waals surface area (Å²) in [6.07, 6.45) is 3.14. The van der Waals surface area contributed by atoms with Crippen LogP contribution >= 0.6 is 0 Å². The van der Waals surface area contributed by atoms with Gasteiger partial charge in [0.1, 0.15) is 0 Å². The van der Waals surface area contributed by atoms with Crippen LogP contribution in [0.5, 0.6) is 17.2 Å². The van der Waals surface area contributed by atoms with E-state index in [2.05, 4.69) is 5.32 Å². The normalized spacial score (nSPS) is 16.9. The second kappa shape index (κ2) is 8.62. The van der Waals surface area contributed by atoms with Crippen LogP contribution in [-0.4, -0.2) is 47.0 Å². The van der Waals surface area contributed by atoms with Crippen molar-refractivity contribution in [3.8, 4) is 17.2 Å². The van der Waals surface area contributed by atoms with Crippen LogP contribution < -0.4 is 19.5 Å². The molecule has 0 saturated carbocycles. The highest BCUT2D eigenvalue weighted by atomic mass is 16.5. The fraction of sp³-hybridized carbons (Fsp3) is 0.588. The molecule has 1 aliphatic rings. The zero-order valence-corrected chi connectivity index (χ0v) is 14.0. The molecule has 1 aliphatic heterocycles. The van der Waals surface area contributed by atoms with Crippen LogP contribution in [0.1, 0.15) is 29.6 Å². The van der Waals surface area contributed by atoms with E-state index in [4.69, 9.17) is 18.9 Å². The molecule has 1 fully saturated rings. The first-order valence-electron chi connectivity index (χ1n) is 7.86. The molecule has 0 spiro atoms. The lowest BCUT2D eigenvalue weighted by Crippen LogP contribution is -2.25. The number of nitrogens with one attached hydrogen (secondary N) is 1. The molecule has 1 aromatic carbocycles. The van der Waals surface area contributed by atoms with Gasteiger partial charge in [0, 0.05) is 19.8 Å². The number of amides is 1. The summed E-state index contributed by atoms with van der Waals surface area (Å²) < 4.78 is 21.2. The van der Waals surface area contributed by atoms with Crippen molar-refractivity contribution in [3.63, 3.8) is 0 Å². The Kier molecular flexibility index (Phi) is 6.52. The molecule has 23 heavy (non-hydrogen) atoms. The molecule has 2 rings (SSSR count). The highest BCUT2D eigenvalue weighted by molar-refractivity contribution is 5.98. The van der Waals surface area contributed by atoms with Gasteiger partial charge in [-0.2, -0.15) is 0 Å². The standard InChI is InChI=1S/C17H25NO5/c1-20-14-7-6-13(15(21-2)16(14)22-3)17(19)18-9-4-5-12-8-10-23-11-12/h6-7,12H,4-5,8-11H2,1-3H3,(H,18,19). The summed E-state index contributed by atoms with van der Waals surface area (Å²) in [5, 5.41) is 2.93. The van der Waals surface area contributed by atoms with Gasteiger partial charge in [0.25, 0.3) is 5.91 Å². The Morgan fingerprint density at radius 2 is 2.00 bits per heavy atom. The SMILES string of the molecule is COc1ccc(C(=O)NCCCC2CCOC2)c(OC)c1OC. The van der Waals surface area contributed by atoms with Gasteiger partial charge in [0.15, 0.2) is 11.5 Å². The monoisotopic (exact) mass is 323 g/mol. The predicted molar refractivity (Wildman–Crippen MR) is 86.6 cm³/mol. The number of hydrogen-bond acceptors (Lipinski definition) is 5. The van der Waals surface area contributed by atoms with Crippen LogP contribution in [-0.2, 0) is 4.74 Å². The number of hydrogen-bond donors (Lipinski definition) is 1. The van der Waals surface area contributed by atoms with Gasteiger partial charge in [-0.15, -0.1) is 0 Å². The number of carbonyl (C=O) groups excluding carboxylic acids is 1. The topological polar surface area (TPSA) is 66.0 Å². The summed E-state index contributed by atoms with van der Waals surface area (Å²) in [4.78, 5) is 12.4. The van der Waals surface area contributed by atoms with Gasteiger partial charge in [-0.05, 0) is 37.3 Å². The van der Waals surface area contributed by atoms with Crippen LogP contribution in [0.2, 0.25) is 0 Å². The molecule has 6 heteroatoms. The molecule has 1 aromatic rings. The van der Waals surface area contributed by atoms with Crippen LogP contribution in [0, 0.1) is 5.92 Å². The Labute approximate surface area is 137 Å². The lowest BCUT2D eigenvalue weighted by Gasteiger charge is -2.15. The first-order chi connectivity index (χ1) is 11.2. The zero-order valence-electron chi connectivity index (χ0n) is 14.0. The molecule has 0 aliphatic carbocycles. The van der Waals surface area contributed by atoms with Crippen molar-refractivity contribution < 1.29 is 23.7 Å². The number of methoxy groups -OCH3 is 3. The molecule has 1 amide bonds. The molecule has 1 unspecified atom stereocenters. The summed E-state index contributed by atoms with van der Waals surface area (Å²) >= 11 is 0. The minimum Gasteiger partial charge on any atom is -0.493 e. The number of ether oxygens (including phenoxy) is 4. The largest absolute Gasteiger partial charge is 0.493 e. The summed E-state index contributed by atoms with van der Waals surface area (Å²) in [5.74, 6) is 1.79. The van der Waals surface area contributed by atoms with Gasteiger partial charge >= 0.3 is 0 Å². The maximum Gasteiger partial charge on any atom is 0.255 e. The average molecular weight is 323 g/mol. The third kappa shape index (κ3) is 4.28. The van der Waals surface area contributed by atoms with Gasteiger partial charge in [0.05, 0.1) is 26.9 Å². The second-order valence-electron chi connectivity index (χ2n) is 5.51. The maximum atomic E-state index is 12.4. The lowest BCUT2D eigenvalue weighted by molar-refractivity contribution is 0.0948. The van der Waals surface area contributed by atoms with Crippen molar-refractivity contribution in [1.82, 2.24) is 5.32 Å². The third-order valence-electron chi connectivity index (χ3n) is 4.05. The van der Waals surface area contributed by atoms with E-state index in [9.17, 15) is 4.79 Å². The first-order valence-corrected chi connectivity index (χ1v) is 7.86. The van der Waals surface area contributed by atoms with E-state index in [1.54, 1.807) is 19.2 Å². The highest BCUT2D eigenvalue weighted by Gasteiger charge is 2.20. The van der Waals surface area contributed by atoms with E-state index >= 15 is 0 Å². The van der Waals surface area contributed by atoms with Crippen molar-refractivity contribution in [2.75, 3.05) is 41.1 Å². The van der Waals surface area contributed by atoms with E-state index < -0.39 is 0 Å². The smallest absolute Gasteiger partial charge is 0.255 e. The lowest BCUT2D eigenvalue weighted by atomic mass is 10.0. The molecule has 1 atom stereocenters. The first kappa shape index (κ1) is 17.4. The molecule has 6 nitrogen and oxygen atoms in total.